The number of nitrogens with zero attached hydrogens (tertiary/aromatic N) is 1. The summed E-state index contributed by atoms with van der Waals surface area (Å²) in [5, 5.41) is 5.43. The molecule has 0 fully saturated rings. The lowest BCUT2D eigenvalue weighted by Crippen LogP contribution is -2.24. The van der Waals surface area contributed by atoms with Crippen LogP contribution in [0, 0.1) is 5.82 Å². The number of hydrogen-bond donors (Lipinski definition) is 1. The van der Waals surface area contributed by atoms with Crippen molar-refractivity contribution in [2.24, 2.45) is 0 Å². The van der Waals surface area contributed by atoms with Gasteiger partial charge < -0.3 is 9.73 Å². The van der Waals surface area contributed by atoms with Crippen LogP contribution in [0.1, 0.15) is 24.4 Å². The van der Waals surface area contributed by atoms with Gasteiger partial charge in [0.1, 0.15) is 16.6 Å². The maximum atomic E-state index is 12.9. The molecule has 0 radical (unpaired) electrons. The van der Waals surface area contributed by atoms with Crippen molar-refractivity contribution in [2.45, 2.75) is 13.0 Å². The summed E-state index contributed by atoms with van der Waals surface area (Å²) in [5.74, 6) is 0.192. The normalized spacial score (nSPS) is 12.4. The molecule has 1 N–H and O–H groups in total. The van der Waals surface area contributed by atoms with Crippen LogP contribution in [0.4, 0.5) is 4.39 Å². The third kappa shape index (κ3) is 3.97. The zero-order valence-corrected chi connectivity index (χ0v) is 13.7. The first kappa shape index (κ1) is 16.1. The Bertz CT molecular complexity index is 838. The monoisotopic (exact) mass is 342 g/mol. The average molecular weight is 342 g/mol. The minimum Gasteiger partial charge on any atom is -0.467 e. The van der Waals surface area contributed by atoms with Crippen LogP contribution in [-0.2, 0) is 4.79 Å². The third-order valence-electron chi connectivity index (χ3n) is 3.35. The highest BCUT2D eigenvalue weighted by atomic mass is 32.1. The van der Waals surface area contributed by atoms with E-state index in [9.17, 15) is 9.18 Å². The van der Waals surface area contributed by atoms with Crippen LogP contribution in [-0.4, -0.2) is 10.9 Å². The molecule has 0 saturated carbocycles. The summed E-state index contributed by atoms with van der Waals surface area (Å²) in [6.07, 6.45) is 4.65. The average Bonchev–Trinajstić information content (AvgIpc) is 3.25. The predicted octanol–water partition coefficient (Wildman–Crippen LogP) is 4.43. The van der Waals surface area contributed by atoms with Crippen molar-refractivity contribution in [3.05, 3.63) is 71.4 Å². The van der Waals surface area contributed by atoms with Crippen molar-refractivity contribution in [3.8, 4) is 10.6 Å². The fraction of sp³-hybridized carbons (Fsp3) is 0.111. The summed E-state index contributed by atoms with van der Waals surface area (Å²) in [7, 11) is 0. The number of carbonyl (C=O) groups excluding carboxylic acids is 1. The number of hydrogen-bond acceptors (Lipinski definition) is 4. The van der Waals surface area contributed by atoms with Crippen molar-refractivity contribution < 1.29 is 13.6 Å². The van der Waals surface area contributed by atoms with Gasteiger partial charge in [-0.1, -0.05) is 0 Å². The van der Waals surface area contributed by atoms with Gasteiger partial charge in [-0.05, 0) is 49.4 Å². The minimum atomic E-state index is -0.280. The Kier molecular flexibility index (Phi) is 4.86. The number of thiazole rings is 1. The lowest BCUT2D eigenvalue weighted by atomic mass is 10.2. The van der Waals surface area contributed by atoms with E-state index in [2.05, 4.69) is 10.3 Å². The fourth-order valence-electron chi connectivity index (χ4n) is 2.12. The van der Waals surface area contributed by atoms with Gasteiger partial charge in [0, 0.05) is 17.0 Å². The quantitative estimate of drug-likeness (QED) is 0.698. The summed E-state index contributed by atoms with van der Waals surface area (Å²) >= 11 is 1.44. The molecule has 0 aliphatic rings. The van der Waals surface area contributed by atoms with Gasteiger partial charge in [-0.25, -0.2) is 9.37 Å². The van der Waals surface area contributed by atoms with Crippen LogP contribution < -0.4 is 5.32 Å². The Morgan fingerprint density at radius 1 is 1.33 bits per heavy atom. The predicted molar refractivity (Wildman–Crippen MR) is 91.8 cm³/mol. The van der Waals surface area contributed by atoms with Gasteiger partial charge in [0.2, 0.25) is 5.91 Å². The Labute approximate surface area is 142 Å². The van der Waals surface area contributed by atoms with E-state index in [1.54, 1.807) is 30.5 Å². The zero-order valence-electron chi connectivity index (χ0n) is 12.9. The van der Waals surface area contributed by atoms with Gasteiger partial charge in [-0.3, -0.25) is 4.79 Å². The highest BCUT2D eigenvalue weighted by molar-refractivity contribution is 7.13. The number of furan rings is 1. The van der Waals surface area contributed by atoms with E-state index in [1.165, 1.54) is 29.5 Å². The number of carbonyl (C=O) groups is 1. The fourth-order valence-corrected chi connectivity index (χ4v) is 2.91. The van der Waals surface area contributed by atoms with Crippen molar-refractivity contribution >= 4 is 23.3 Å². The van der Waals surface area contributed by atoms with Crippen LogP contribution >= 0.6 is 11.3 Å². The third-order valence-corrected chi connectivity index (χ3v) is 4.26. The molecule has 2 heterocycles. The Balaban J connectivity index is 1.62. The van der Waals surface area contributed by atoms with E-state index < -0.39 is 0 Å². The van der Waals surface area contributed by atoms with Crippen molar-refractivity contribution in [1.82, 2.24) is 10.3 Å². The zero-order chi connectivity index (χ0) is 16.9. The van der Waals surface area contributed by atoms with Gasteiger partial charge in [-0.15, -0.1) is 11.3 Å². The topological polar surface area (TPSA) is 55.1 Å². The van der Waals surface area contributed by atoms with Crippen molar-refractivity contribution in [1.29, 1.82) is 0 Å². The van der Waals surface area contributed by atoms with Gasteiger partial charge >= 0.3 is 0 Å². The van der Waals surface area contributed by atoms with Crippen LogP contribution in [0.5, 0.6) is 0 Å². The molecule has 4 nitrogen and oxygen atoms in total. The second-order valence-corrected chi connectivity index (χ2v) is 6.02. The lowest BCUT2D eigenvalue weighted by molar-refractivity contribution is -0.117. The molecule has 6 heteroatoms. The first-order valence-corrected chi connectivity index (χ1v) is 8.23. The van der Waals surface area contributed by atoms with Crippen molar-refractivity contribution in [2.75, 3.05) is 0 Å². The highest BCUT2D eigenvalue weighted by Gasteiger charge is 2.10. The number of rotatable bonds is 5. The number of halogens is 1. The number of nitrogens with one attached hydrogen (secondary N) is 1. The van der Waals surface area contributed by atoms with Crippen LogP contribution in [0.2, 0.25) is 0 Å². The Morgan fingerprint density at radius 2 is 2.12 bits per heavy atom. The number of benzene rings is 1. The molecule has 1 atom stereocenters. The highest BCUT2D eigenvalue weighted by Crippen LogP contribution is 2.24. The molecule has 0 saturated heterocycles. The lowest BCUT2D eigenvalue weighted by Gasteiger charge is -2.08. The van der Waals surface area contributed by atoms with E-state index in [-0.39, 0.29) is 17.8 Å². The van der Waals surface area contributed by atoms with Crippen LogP contribution in [0.3, 0.4) is 0 Å². The molecule has 0 bridgehead atoms. The molecule has 0 aliphatic heterocycles. The molecule has 0 spiro atoms. The second-order valence-electron chi connectivity index (χ2n) is 5.16. The summed E-state index contributed by atoms with van der Waals surface area (Å²) in [6, 6.07) is 9.54. The van der Waals surface area contributed by atoms with E-state index >= 15 is 0 Å². The summed E-state index contributed by atoms with van der Waals surface area (Å²) in [4.78, 5) is 16.4. The first-order chi connectivity index (χ1) is 11.6. The molecule has 3 aromatic rings. The van der Waals surface area contributed by atoms with Crippen LogP contribution in [0.15, 0.2) is 58.5 Å². The first-order valence-electron chi connectivity index (χ1n) is 7.35. The largest absolute Gasteiger partial charge is 0.467 e. The van der Waals surface area contributed by atoms with E-state index in [4.69, 9.17) is 4.42 Å². The molecule has 1 aromatic carbocycles. The molecule has 122 valence electrons. The molecule has 2 aromatic heterocycles. The molecular weight excluding hydrogens is 327 g/mol. The summed E-state index contributed by atoms with van der Waals surface area (Å²) in [5.41, 5.74) is 1.53. The van der Waals surface area contributed by atoms with E-state index in [1.807, 2.05) is 18.4 Å². The molecule has 0 aliphatic carbocycles. The second kappa shape index (κ2) is 7.23. The minimum absolute atomic E-state index is 0.206. The smallest absolute Gasteiger partial charge is 0.244 e. The SMILES string of the molecule is CC(NC(=O)/C=C/c1csc(-c2ccc(F)cc2)n1)c1ccco1. The van der Waals surface area contributed by atoms with Gasteiger partial charge in [0.05, 0.1) is 18.0 Å². The van der Waals surface area contributed by atoms with Crippen molar-refractivity contribution in [3.63, 3.8) is 0 Å². The molecule has 1 unspecified atom stereocenters. The Hall–Kier alpha value is -2.73. The summed E-state index contributed by atoms with van der Waals surface area (Å²) < 4.78 is 18.2. The standard InChI is InChI=1S/C18H15FN2O2S/c1-12(16-3-2-10-23-16)20-17(22)9-8-15-11-24-18(21-15)13-4-6-14(19)7-5-13/h2-12H,1H3,(H,20,22)/b9-8+. The maximum absolute atomic E-state index is 12.9. The molecule has 3 rings (SSSR count). The molecular formula is C18H15FN2O2S. The van der Waals surface area contributed by atoms with E-state index in [0.717, 1.165) is 10.6 Å². The van der Waals surface area contributed by atoms with Gasteiger partial charge in [0.25, 0.3) is 0 Å². The van der Waals surface area contributed by atoms with Gasteiger partial charge in [-0.2, -0.15) is 0 Å². The Morgan fingerprint density at radius 3 is 2.83 bits per heavy atom. The molecule has 1 amide bonds. The summed E-state index contributed by atoms with van der Waals surface area (Å²) in [6.45, 7) is 1.85. The van der Waals surface area contributed by atoms with Gasteiger partial charge in [0.15, 0.2) is 0 Å². The van der Waals surface area contributed by atoms with Crippen LogP contribution in [0.25, 0.3) is 16.6 Å². The molecule has 24 heavy (non-hydrogen) atoms. The maximum Gasteiger partial charge on any atom is 0.244 e. The number of aromatic nitrogens is 1. The number of amides is 1. The van der Waals surface area contributed by atoms with E-state index in [0.29, 0.717) is 11.5 Å².